The van der Waals surface area contributed by atoms with Crippen molar-refractivity contribution >= 4 is 31.9 Å². The average Bonchev–Trinajstić information content (AvgIpc) is 2.19. The Morgan fingerprint density at radius 2 is 2.21 bits per heavy atom. The highest BCUT2D eigenvalue weighted by atomic mass is 79.9. The molecule has 1 heterocycles. The van der Waals surface area contributed by atoms with Gasteiger partial charge in [-0.15, -0.1) is 0 Å². The minimum absolute atomic E-state index is 0.148. The minimum Gasteiger partial charge on any atom is -0.380 e. The maximum Gasteiger partial charge on any atom is 0.106 e. The summed E-state index contributed by atoms with van der Waals surface area (Å²) in [5.74, 6) is 0. The maximum absolute atomic E-state index is 5.35. The van der Waals surface area contributed by atoms with Gasteiger partial charge in [0, 0.05) is 7.11 Å². The van der Waals surface area contributed by atoms with Crippen molar-refractivity contribution in [2.24, 2.45) is 0 Å². The molecule has 0 fully saturated rings. The highest BCUT2D eigenvalue weighted by Crippen LogP contribution is 2.29. The van der Waals surface area contributed by atoms with Gasteiger partial charge in [-0.3, -0.25) is 0 Å². The lowest BCUT2D eigenvalue weighted by Gasteiger charge is -2.19. The van der Waals surface area contributed by atoms with Crippen LogP contribution in [0.3, 0.4) is 0 Å². The first-order valence-corrected chi connectivity index (χ1v) is 6.19. The van der Waals surface area contributed by atoms with E-state index >= 15 is 0 Å². The standard InChI is InChI=1S/C10H13Br2NO/c1-3-8(14-2)10(12)7-5-4-6-9(11)13-7/h4-6,8,10H,3H2,1-2H3. The average molecular weight is 323 g/mol. The summed E-state index contributed by atoms with van der Waals surface area (Å²) >= 11 is 6.95. The Balaban J connectivity index is 2.82. The third kappa shape index (κ3) is 3.04. The van der Waals surface area contributed by atoms with Gasteiger partial charge >= 0.3 is 0 Å². The van der Waals surface area contributed by atoms with Crippen LogP contribution in [0.25, 0.3) is 0 Å². The maximum atomic E-state index is 5.35. The fourth-order valence-electron chi connectivity index (χ4n) is 1.26. The summed E-state index contributed by atoms with van der Waals surface area (Å²) in [4.78, 5) is 4.53. The summed E-state index contributed by atoms with van der Waals surface area (Å²) in [6.07, 6.45) is 1.12. The topological polar surface area (TPSA) is 22.1 Å². The van der Waals surface area contributed by atoms with Gasteiger partial charge in [0.25, 0.3) is 0 Å². The quantitative estimate of drug-likeness (QED) is 0.623. The summed E-state index contributed by atoms with van der Waals surface area (Å²) in [5, 5.41) is 0. The third-order valence-electron chi connectivity index (χ3n) is 2.05. The Bertz CT molecular complexity index is 289. The van der Waals surface area contributed by atoms with Crippen molar-refractivity contribution in [3.05, 3.63) is 28.5 Å². The second-order valence-electron chi connectivity index (χ2n) is 2.97. The summed E-state index contributed by atoms with van der Waals surface area (Å²) in [5.41, 5.74) is 0.994. The van der Waals surface area contributed by atoms with E-state index in [-0.39, 0.29) is 10.9 Å². The molecule has 0 aliphatic rings. The number of hydrogen-bond acceptors (Lipinski definition) is 2. The fourth-order valence-corrected chi connectivity index (χ4v) is 2.46. The van der Waals surface area contributed by atoms with Crippen LogP contribution in [0.4, 0.5) is 0 Å². The van der Waals surface area contributed by atoms with Crippen molar-refractivity contribution in [3.63, 3.8) is 0 Å². The van der Waals surface area contributed by atoms with Gasteiger partial charge in [0.2, 0.25) is 0 Å². The van der Waals surface area contributed by atoms with Crippen molar-refractivity contribution in [2.75, 3.05) is 7.11 Å². The van der Waals surface area contributed by atoms with E-state index in [9.17, 15) is 0 Å². The molecular formula is C10H13Br2NO. The summed E-state index contributed by atoms with van der Waals surface area (Å²) in [7, 11) is 1.72. The highest BCUT2D eigenvalue weighted by molar-refractivity contribution is 9.10. The normalized spacial score (nSPS) is 15.1. The van der Waals surface area contributed by atoms with Gasteiger partial charge in [0.1, 0.15) is 4.60 Å². The van der Waals surface area contributed by atoms with E-state index in [2.05, 4.69) is 43.8 Å². The van der Waals surface area contributed by atoms with Gasteiger partial charge in [-0.25, -0.2) is 4.98 Å². The number of hydrogen-bond donors (Lipinski definition) is 0. The molecule has 0 aromatic carbocycles. The van der Waals surface area contributed by atoms with Crippen LogP contribution in [0.2, 0.25) is 0 Å². The molecule has 0 spiro atoms. The van der Waals surface area contributed by atoms with Gasteiger partial charge in [-0.1, -0.05) is 28.9 Å². The van der Waals surface area contributed by atoms with Crippen LogP contribution in [0.1, 0.15) is 23.9 Å². The SMILES string of the molecule is CCC(OC)C(Br)c1cccc(Br)n1. The van der Waals surface area contributed by atoms with E-state index in [1.807, 2.05) is 18.2 Å². The van der Waals surface area contributed by atoms with Crippen molar-refractivity contribution in [2.45, 2.75) is 24.3 Å². The molecule has 4 heteroatoms. The number of rotatable bonds is 4. The van der Waals surface area contributed by atoms with E-state index in [0.717, 1.165) is 16.7 Å². The lowest BCUT2D eigenvalue weighted by Crippen LogP contribution is -2.16. The van der Waals surface area contributed by atoms with E-state index in [1.165, 1.54) is 0 Å². The molecule has 1 aromatic heterocycles. The van der Waals surface area contributed by atoms with E-state index in [4.69, 9.17) is 4.74 Å². The molecule has 0 aliphatic carbocycles. The van der Waals surface area contributed by atoms with Gasteiger partial charge in [-0.05, 0) is 34.5 Å². The Morgan fingerprint density at radius 3 is 2.71 bits per heavy atom. The zero-order valence-corrected chi connectivity index (χ0v) is 11.4. The molecule has 1 aromatic rings. The summed E-state index contributed by atoms with van der Waals surface area (Å²) < 4.78 is 6.21. The van der Waals surface area contributed by atoms with Crippen LogP contribution >= 0.6 is 31.9 Å². The Kier molecular flexibility index (Phi) is 5.06. The van der Waals surface area contributed by atoms with Gasteiger partial charge < -0.3 is 4.74 Å². The third-order valence-corrected chi connectivity index (χ3v) is 3.55. The van der Waals surface area contributed by atoms with Crippen LogP contribution in [-0.2, 0) is 4.74 Å². The van der Waals surface area contributed by atoms with E-state index in [0.29, 0.717) is 0 Å². The molecule has 2 nitrogen and oxygen atoms in total. The Labute approximate surface area is 101 Å². The van der Waals surface area contributed by atoms with Crippen LogP contribution in [0, 0.1) is 0 Å². The largest absolute Gasteiger partial charge is 0.380 e. The van der Waals surface area contributed by atoms with Gasteiger partial charge in [-0.2, -0.15) is 0 Å². The molecule has 0 saturated heterocycles. The molecule has 2 atom stereocenters. The molecule has 0 aliphatic heterocycles. The van der Waals surface area contributed by atoms with Crippen LogP contribution in [-0.4, -0.2) is 18.2 Å². The molecule has 78 valence electrons. The van der Waals surface area contributed by atoms with Crippen LogP contribution < -0.4 is 0 Å². The van der Waals surface area contributed by atoms with E-state index < -0.39 is 0 Å². The molecule has 0 radical (unpaired) electrons. The number of aromatic nitrogens is 1. The van der Waals surface area contributed by atoms with Crippen LogP contribution in [0.15, 0.2) is 22.8 Å². The molecule has 14 heavy (non-hydrogen) atoms. The first-order chi connectivity index (χ1) is 6.69. The number of nitrogens with zero attached hydrogens (tertiary/aromatic N) is 1. The van der Waals surface area contributed by atoms with Crippen LogP contribution in [0.5, 0.6) is 0 Å². The van der Waals surface area contributed by atoms with Gasteiger partial charge in [0.05, 0.1) is 16.6 Å². The molecular weight excluding hydrogens is 310 g/mol. The molecule has 0 amide bonds. The Hall–Kier alpha value is 0.0700. The van der Waals surface area contributed by atoms with Crippen molar-refractivity contribution in [1.29, 1.82) is 0 Å². The predicted octanol–water partition coefficient (Wildman–Crippen LogP) is 3.71. The number of ether oxygens (including phenoxy) is 1. The number of methoxy groups -OCH3 is 1. The lowest BCUT2D eigenvalue weighted by atomic mass is 10.1. The molecule has 0 N–H and O–H groups in total. The first-order valence-electron chi connectivity index (χ1n) is 4.48. The molecule has 0 bridgehead atoms. The summed E-state index contributed by atoms with van der Waals surface area (Å²) in [6, 6.07) is 5.88. The number of halogens is 2. The second kappa shape index (κ2) is 5.83. The zero-order chi connectivity index (χ0) is 10.6. The molecule has 1 rings (SSSR count). The monoisotopic (exact) mass is 321 g/mol. The predicted molar refractivity (Wildman–Crippen MR) is 64.7 cm³/mol. The fraction of sp³-hybridized carbons (Fsp3) is 0.500. The van der Waals surface area contributed by atoms with Crippen molar-refractivity contribution < 1.29 is 4.74 Å². The molecule has 0 saturated carbocycles. The van der Waals surface area contributed by atoms with Gasteiger partial charge in [0.15, 0.2) is 0 Å². The molecule has 2 unspecified atom stereocenters. The minimum atomic E-state index is 0.148. The second-order valence-corrected chi connectivity index (χ2v) is 4.77. The Morgan fingerprint density at radius 1 is 1.50 bits per heavy atom. The number of pyridine rings is 1. The lowest BCUT2D eigenvalue weighted by molar-refractivity contribution is 0.0979. The number of alkyl halides is 1. The van der Waals surface area contributed by atoms with Crippen molar-refractivity contribution in [1.82, 2.24) is 4.98 Å². The first kappa shape index (κ1) is 12.1. The van der Waals surface area contributed by atoms with Crippen molar-refractivity contribution in [3.8, 4) is 0 Å². The zero-order valence-electron chi connectivity index (χ0n) is 8.21. The van der Waals surface area contributed by atoms with E-state index in [1.54, 1.807) is 7.11 Å². The highest BCUT2D eigenvalue weighted by Gasteiger charge is 2.19. The summed E-state index contributed by atoms with van der Waals surface area (Å²) in [6.45, 7) is 2.10. The smallest absolute Gasteiger partial charge is 0.106 e.